The summed E-state index contributed by atoms with van der Waals surface area (Å²) in [4.78, 5) is 34.9. The van der Waals surface area contributed by atoms with E-state index < -0.39 is 17.7 Å². The Hall–Kier alpha value is -4.33. The second-order valence-corrected chi connectivity index (χ2v) is 10.1. The molecule has 208 valence electrons. The molecule has 0 aliphatic carbocycles. The minimum Gasteiger partial charge on any atom is -0.444 e. The zero-order valence-electron chi connectivity index (χ0n) is 23.8. The Bertz CT molecular complexity index is 1370. The summed E-state index contributed by atoms with van der Waals surface area (Å²) in [5.41, 5.74) is 1.95. The zero-order chi connectivity index (χ0) is 28.6. The lowest BCUT2D eigenvalue weighted by Crippen LogP contribution is -2.47. The van der Waals surface area contributed by atoms with Crippen molar-refractivity contribution in [1.29, 1.82) is 0 Å². The van der Waals surface area contributed by atoms with Crippen molar-refractivity contribution in [2.24, 2.45) is 7.05 Å². The molecule has 3 N–H and O–H groups in total. The maximum Gasteiger partial charge on any atom is 0.410 e. The maximum atomic E-state index is 12.4. The molecule has 11 nitrogen and oxygen atoms in total. The summed E-state index contributed by atoms with van der Waals surface area (Å²) in [6, 6.07) is 5.31. The molecule has 2 aromatic heterocycles. The predicted molar refractivity (Wildman–Crippen MR) is 153 cm³/mol. The molecule has 39 heavy (non-hydrogen) atoms. The smallest absolute Gasteiger partial charge is 0.410 e. The van der Waals surface area contributed by atoms with Crippen molar-refractivity contribution in [2.45, 2.75) is 59.1 Å². The van der Waals surface area contributed by atoms with Crippen LogP contribution in [0, 0.1) is 11.8 Å². The molecular formula is C28H38N8O3. The van der Waals surface area contributed by atoms with Crippen LogP contribution in [-0.2, 0) is 16.6 Å². The molecular weight excluding hydrogens is 496 g/mol. The van der Waals surface area contributed by atoms with E-state index >= 15 is 0 Å². The van der Waals surface area contributed by atoms with Crippen LogP contribution in [0.1, 0.15) is 53.0 Å². The zero-order valence-corrected chi connectivity index (χ0v) is 23.8. The van der Waals surface area contributed by atoms with Gasteiger partial charge in [0.1, 0.15) is 17.5 Å². The third-order valence-corrected chi connectivity index (χ3v) is 5.78. The van der Waals surface area contributed by atoms with Gasteiger partial charge in [-0.05, 0) is 59.2 Å². The van der Waals surface area contributed by atoms with Crippen molar-refractivity contribution in [3.05, 3.63) is 36.2 Å². The van der Waals surface area contributed by atoms with Crippen molar-refractivity contribution < 1.29 is 14.3 Å². The molecule has 3 aromatic rings. The lowest BCUT2D eigenvalue weighted by molar-refractivity contribution is -0.125. The highest BCUT2D eigenvalue weighted by Gasteiger charge is 2.26. The van der Waals surface area contributed by atoms with Gasteiger partial charge in [-0.25, -0.2) is 9.78 Å². The average molecular weight is 535 g/mol. The van der Waals surface area contributed by atoms with E-state index in [2.05, 4.69) is 42.9 Å². The maximum absolute atomic E-state index is 12.4. The van der Waals surface area contributed by atoms with Crippen LogP contribution < -0.4 is 16.0 Å². The van der Waals surface area contributed by atoms with Gasteiger partial charge in [-0.2, -0.15) is 10.1 Å². The van der Waals surface area contributed by atoms with Gasteiger partial charge in [-0.1, -0.05) is 11.8 Å². The largest absolute Gasteiger partial charge is 0.444 e. The fourth-order valence-electron chi connectivity index (χ4n) is 3.55. The molecule has 3 rings (SSSR count). The molecule has 11 heteroatoms. The first-order valence-electron chi connectivity index (χ1n) is 13.0. The molecule has 0 bridgehead atoms. The van der Waals surface area contributed by atoms with Gasteiger partial charge in [-0.15, -0.1) is 0 Å². The van der Waals surface area contributed by atoms with E-state index in [1.54, 1.807) is 40.9 Å². The number of nitrogens with one attached hydrogen (secondary N) is 3. The van der Waals surface area contributed by atoms with Crippen LogP contribution >= 0.6 is 0 Å². The summed E-state index contributed by atoms with van der Waals surface area (Å²) >= 11 is 0. The molecule has 0 spiro atoms. The van der Waals surface area contributed by atoms with Crippen LogP contribution in [-0.4, -0.2) is 68.4 Å². The first-order chi connectivity index (χ1) is 18.5. The third kappa shape index (κ3) is 8.33. The van der Waals surface area contributed by atoms with Crippen LogP contribution in [0.3, 0.4) is 0 Å². The summed E-state index contributed by atoms with van der Waals surface area (Å²) in [6.45, 7) is 10.1. The molecule has 0 aliphatic rings. The number of aryl methyl sites for hydroxylation is 1. The predicted octanol–water partition coefficient (Wildman–Crippen LogP) is 4.04. The normalized spacial score (nSPS) is 11.8. The highest BCUT2D eigenvalue weighted by molar-refractivity contribution is 5.85. The standard InChI is InChI=1S/C28H38N8O3/c1-8-29-24-21(17-31-26(34-24)33-22-14-13-20-18-32-36(7)23(20)16-22)12-10-9-11-15-30-25(37)19(2)35(6)27(38)39-28(3,4)5/h13-14,16-19H,8-9,11,15H2,1-7H3,(H,30,37)(H2,29,31,33,34)/t19-/m0/s1. The number of likely N-dealkylation sites (N-methyl/N-ethyl adjacent to an activating group) is 1. The molecule has 2 amide bonds. The number of aromatic nitrogens is 4. The fraction of sp³-hybridized carbons (Fsp3) is 0.464. The number of hydrogen-bond donors (Lipinski definition) is 3. The Morgan fingerprint density at radius 1 is 1.23 bits per heavy atom. The van der Waals surface area contributed by atoms with Crippen LogP contribution in [0.15, 0.2) is 30.6 Å². The van der Waals surface area contributed by atoms with Gasteiger partial charge in [0.2, 0.25) is 11.9 Å². The van der Waals surface area contributed by atoms with Gasteiger partial charge < -0.3 is 20.7 Å². The number of amides is 2. The monoisotopic (exact) mass is 534 g/mol. The fourth-order valence-corrected chi connectivity index (χ4v) is 3.55. The topological polar surface area (TPSA) is 126 Å². The second-order valence-electron chi connectivity index (χ2n) is 10.1. The summed E-state index contributed by atoms with van der Waals surface area (Å²) in [6.07, 6.45) is 4.22. The molecule has 0 aliphatic heterocycles. The van der Waals surface area contributed by atoms with Crippen molar-refractivity contribution in [2.75, 3.05) is 30.8 Å². The number of nitrogens with zero attached hydrogens (tertiary/aromatic N) is 5. The SMILES string of the molecule is CCNc1nc(Nc2ccc3cnn(C)c3c2)ncc1C#CCCCNC(=O)[C@H](C)N(C)C(=O)OC(C)(C)C. The summed E-state index contributed by atoms with van der Waals surface area (Å²) in [5, 5.41) is 14.7. The van der Waals surface area contributed by atoms with E-state index in [9.17, 15) is 9.59 Å². The lowest BCUT2D eigenvalue weighted by atomic mass is 10.2. The summed E-state index contributed by atoms with van der Waals surface area (Å²) in [5.74, 6) is 7.12. The Balaban J connectivity index is 1.52. The van der Waals surface area contributed by atoms with Gasteiger partial charge in [0.15, 0.2) is 0 Å². The summed E-state index contributed by atoms with van der Waals surface area (Å²) in [7, 11) is 3.45. The van der Waals surface area contributed by atoms with E-state index in [4.69, 9.17) is 4.74 Å². The lowest BCUT2D eigenvalue weighted by Gasteiger charge is -2.28. The highest BCUT2D eigenvalue weighted by atomic mass is 16.6. The van der Waals surface area contributed by atoms with Crippen molar-refractivity contribution in [1.82, 2.24) is 30.0 Å². The first kappa shape index (κ1) is 29.2. The minimum absolute atomic E-state index is 0.246. The molecule has 0 radical (unpaired) electrons. The van der Waals surface area contributed by atoms with Crippen LogP contribution in [0.4, 0.5) is 22.2 Å². The van der Waals surface area contributed by atoms with E-state index in [0.29, 0.717) is 43.3 Å². The Labute approximate surface area is 229 Å². The Morgan fingerprint density at radius 3 is 2.72 bits per heavy atom. The molecule has 0 saturated carbocycles. The Morgan fingerprint density at radius 2 is 2.00 bits per heavy atom. The minimum atomic E-state index is -0.649. The first-order valence-corrected chi connectivity index (χ1v) is 13.0. The average Bonchev–Trinajstić information content (AvgIpc) is 3.25. The van der Waals surface area contributed by atoms with Crippen molar-refractivity contribution in [3.63, 3.8) is 0 Å². The third-order valence-electron chi connectivity index (χ3n) is 5.78. The molecule has 0 saturated heterocycles. The van der Waals surface area contributed by atoms with E-state index in [1.807, 2.05) is 43.0 Å². The quantitative estimate of drug-likeness (QED) is 0.277. The molecule has 0 unspecified atom stereocenters. The van der Waals surface area contributed by atoms with Crippen molar-refractivity contribution in [3.8, 4) is 11.8 Å². The van der Waals surface area contributed by atoms with Gasteiger partial charge in [0, 0.05) is 44.7 Å². The Kier molecular flexibility index (Phi) is 9.71. The van der Waals surface area contributed by atoms with E-state index in [-0.39, 0.29) is 5.91 Å². The van der Waals surface area contributed by atoms with Crippen LogP contribution in [0.5, 0.6) is 0 Å². The highest BCUT2D eigenvalue weighted by Crippen LogP contribution is 2.22. The molecule has 1 atom stereocenters. The van der Waals surface area contributed by atoms with Gasteiger partial charge >= 0.3 is 6.09 Å². The summed E-state index contributed by atoms with van der Waals surface area (Å²) < 4.78 is 7.14. The number of rotatable bonds is 9. The van der Waals surface area contributed by atoms with Crippen LogP contribution in [0.25, 0.3) is 10.9 Å². The van der Waals surface area contributed by atoms with Gasteiger partial charge in [-0.3, -0.25) is 14.4 Å². The van der Waals surface area contributed by atoms with Crippen molar-refractivity contribution >= 4 is 40.4 Å². The molecule has 2 heterocycles. The number of fused-ring (bicyclic) bond motifs is 1. The van der Waals surface area contributed by atoms with Crippen LogP contribution in [0.2, 0.25) is 0 Å². The van der Waals surface area contributed by atoms with E-state index in [1.165, 1.54) is 4.90 Å². The van der Waals surface area contributed by atoms with Gasteiger partial charge in [0.05, 0.1) is 23.5 Å². The number of carbonyl (C=O) groups is 2. The van der Waals surface area contributed by atoms with E-state index in [0.717, 1.165) is 16.6 Å². The second kappa shape index (κ2) is 13.0. The number of ether oxygens (including phenoxy) is 1. The number of benzene rings is 1. The number of carbonyl (C=O) groups excluding carboxylic acids is 2. The van der Waals surface area contributed by atoms with Gasteiger partial charge in [0.25, 0.3) is 0 Å². The number of hydrogen-bond acceptors (Lipinski definition) is 8. The molecule has 0 fully saturated rings. The number of unbranched alkanes of at least 4 members (excludes halogenated alkanes) is 1. The molecule has 1 aromatic carbocycles. The number of anilines is 3.